The van der Waals surface area contributed by atoms with Crippen LogP contribution in [0, 0.1) is 0 Å². The molecule has 1 aromatic rings. The highest BCUT2D eigenvalue weighted by atomic mass is 127. The van der Waals surface area contributed by atoms with Crippen LogP contribution in [0.1, 0.15) is 6.92 Å². The topological polar surface area (TPSA) is 66.0 Å². The molecule has 0 aromatic heterocycles. The first-order valence-corrected chi connectivity index (χ1v) is 8.12. The largest absolute Gasteiger partial charge is 0.491 e. The monoisotopic (exact) mass is 423 g/mol. The third kappa shape index (κ3) is 9.93. The quantitative estimate of drug-likeness (QED) is 0.299. The highest BCUT2D eigenvalue weighted by Crippen LogP contribution is 2.16. The van der Waals surface area contributed by atoms with Crippen molar-refractivity contribution in [2.75, 3.05) is 49.8 Å². The minimum absolute atomic E-state index is 0.0172. The van der Waals surface area contributed by atoms with Gasteiger partial charge in [0.25, 0.3) is 0 Å². The number of hydrogen-bond acceptors (Lipinski definition) is 6. The number of nitrogens with one attached hydrogen (secondary N) is 1. The van der Waals surface area contributed by atoms with Gasteiger partial charge >= 0.3 is 0 Å². The maximum atomic E-state index is 10.6. The molecule has 7 heteroatoms. The van der Waals surface area contributed by atoms with Gasteiger partial charge in [-0.3, -0.25) is 4.79 Å². The number of anilines is 1. The summed E-state index contributed by atoms with van der Waals surface area (Å²) in [5.74, 6) is 0.835. The summed E-state index contributed by atoms with van der Waals surface area (Å²) >= 11 is 2.08. The summed E-state index contributed by atoms with van der Waals surface area (Å²) in [6.45, 7) is 4.54. The van der Waals surface area contributed by atoms with Gasteiger partial charge in [-0.2, -0.15) is 0 Å². The Bertz CT molecular complexity index is 413. The van der Waals surface area contributed by atoms with Crippen molar-refractivity contribution in [3.8, 4) is 5.75 Å². The lowest BCUT2D eigenvalue weighted by atomic mass is 10.3. The van der Waals surface area contributed by atoms with Gasteiger partial charge in [-0.1, -0.05) is 0 Å². The van der Waals surface area contributed by atoms with Gasteiger partial charge in [0.15, 0.2) is 5.78 Å². The van der Waals surface area contributed by atoms with Gasteiger partial charge in [-0.25, -0.2) is 0 Å². The lowest BCUT2D eigenvalue weighted by molar-refractivity contribution is -0.122. The predicted molar refractivity (Wildman–Crippen MR) is 92.7 cm³/mol. The van der Waals surface area contributed by atoms with Crippen LogP contribution in [0.25, 0.3) is 0 Å². The standard InChI is InChI=1S/C15H22INO5/c1-13(18)12-21-9-8-19-6-7-20-10-11-22-15-4-2-14(17-16)3-5-15/h2-5,17H,6-12H2,1H3. The molecular formula is C15H22INO5. The summed E-state index contributed by atoms with van der Waals surface area (Å²) in [7, 11) is 0. The molecule has 0 aliphatic heterocycles. The number of carbonyl (C=O) groups is 1. The van der Waals surface area contributed by atoms with Crippen LogP contribution in [0.4, 0.5) is 5.69 Å². The highest BCUT2D eigenvalue weighted by molar-refractivity contribution is 14.1. The third-order valence-corrected chi connectivity index (χ3v) is 3.13. The van der Waals surface area contributed by atoms with Gasteiger partial charge in [-0.15, -0.1) is 0 Å². The van der Waals surface area contributed by atoms with E-state index in [0.29, 0.717) is 39.6 Å². The fourth-order valence-electron chi connectivity index (χ4n) is 1.49. The molecule has 1 aromatic carbocycles. The summed E-state index contributed by atoms with van der Waals surface area (Å²) in [5.41, 5.74) is 1.04. The average Bonchev–Trinajstić information content (AvgIpc) is 2.53. The molecule has 0 saturated carbocycles. The molecule has 0 saturated heterocycles. The summed E-state index contributed by atoms with van der Waals surface area (Å²) in [5, 5.41) is 0. The SMILES string of the molecule is CC(=O)COCCOCCOCCOc1ccc(NI)cc1. The van der Waals surface area contributed by atoms with E-state index in [1.54, 1.807) is 0 Å². The van der Waals surface area contributed by atoms with Crippen molar-refractivity contribution < 1.29 is 23.7 Å². The summed E-state index contributed by atoms with van der Waals surface area (Å²) < 4.78 is 24.3. The van der Waals surface area contributed by atoms with E-state index in [-0.39, 0.29) is 12.4 Å². The van der Waals surface area contributed by atoms with Gasteiger partial charge in [0.05, 0.1) is 55.9 Å². The Balaban J connectivity index is 1.88. The fraction of sp³-hybridized carbons (Fsp3) is 0.533. The molecule has 0 atom stereocenters. The molecule has 1 N–H and O–H groups in total. The van der Waals surface area contributed by atoms with Crippen molar-refractivity contribution in [1.29, 1.82) is 0 Å². The second-order valence-corrected chi connectivity index (χ2v) is 4.99. The first kappa shape index (κ1) is 19.1. The Kier molecular flexibility index (Phi) is 11.0. The number of rotatable bonds is 13. The molecule has 0 fully saturated rings. The van der Waals surface area contributed by atoms with E-state index in [1.807, 2.05) is 24.3 Å². The Labute approximate surface area is 144 Å². The van der Waals surface area contributed by atoms with Crippen LogP contribution in [-0.4, -0.2) is 52.0 Å². The lowest BCUT2D eigenvalue weighted by Gasteiger charge is -2.08. The van der Waals surface area contributed by atoms with Crippen LogP contribution in [0.15, 0.2) is 24.3 Å². The second-order valence-electron chi connectivity index (χ2n) is 4.45. The number of ether oxygens (including phenoxy) is 4. The number of hydrogen-bond donors (Lipinski definition) is 1. The van der Waals surface area contributed by atoms with Gasteiger partial charge in [0.2, 0.25) is 0 Å². The van der Waals surface area contributed by atoms with Crippen molar-refractivity contribution >= 4 is 34.3 Å². The van der Waals surface area contributed by atoms with Gasteiger partial charge in [-0.05, 0) is 31.2 Å². The molecule has 0 unspecified atom stereocenters. The lowest BCUT2D eigenvalue weighted by Crippen LogP contribution is -2.14. The maximum Gasteiger partial charge on any atom is 0.155 e. The molecule has 22 heavy (non-hydrogen) atoms. The Morgan fingerprint density at radius 3 is 2.05 bits per heavy atom. The van der Waals surface area contributed by atoms with Crippen LogP contribution >= 0.6 is 22.9 Å². The van der Waals surface area contributed by atoms with Crippen molar-refractivity contribution in [2.45, 2.75) is 6.92 Å². The Morgan fingerprint density at radius 2 is 1.50 bits per heavy atom. The van der Waals surface area contributed by atoms with Crippen LogP contribution in [-0.2, 0) is 19.0 Å². The molecule has 0 aliphatic carbocycles. The van der Waals surface area contributed by atoms with E-state index in [2.05, 4.69) is 26.4 Å². The first-order chi connectivity index (χ1) is 10.7. The molecule has 0 amide bonds. The van der Waals surface area contributed by atoms with Crippen LogP contribution in [0.2, 0.25) is 0 Å². The Morgan fingerprint density at radius 1 is 0.955 bits per heavy atom. The van der Waals surface area contributed by atoms with Crippen molar-refractivity contribution in [2.24, 2.45) is 0 Å². The van der Waals surface area contributed by atoms with Gasteiger partial charge < -0.3 is 22.5 Å². The van der Waals surface area contributed by atoms with Crippen molar-refractivity contribution in [3.05, 3.63) is 24.3 Å². The summed E-state index contributed by atoms with van der Waals surface area (Å²) in [6.07, 6.45) is 0. The average molecular weight is 423 g/mol. The second kappa shape index (κ2) is 12.6. The number of benzene rings is 1. The van der Waals surface area contributed by atoms with Crippen molar-refractivity contribution in [1.82, 2.24) is 0 Å². The zero-order valence-corrected chi connectivity index (χ0v) is 14.8. The van der Waals surface area contributed by atoms with E-state index >= 15 is 0 Å². The van der Waals surface area contributed by atoms with Gasteiger partial charge in [0.1, 0.15) is 19.0 Å². The molecule has 0 aliphatic rings. The van der Waals surface area contributed by atoms with Crippen LogP contribution in [0.5, 0.6) is 5.75 Å². The van der Waals surface area contributed by atoms with Crippen LogP contribution < -0.4 is 8.27 Å². The number of Topliss-reactive ketones (excluding diaryl/α,β-unsaturated/α-hetero) is 1. The van der Waals surface area contributed by atoms with E-state index < -0.39 is 0 Å². The fourth-order valence-corrected chi connectivity index (χ4v) is 1.85. The van der Waals surface area contributed by atoms with Gasteiger partial charge in [0, 0.05) is 5.69 Å². The van der Waals surface area contributed by atoms with E-state index in [0.717, 1.165) is 11.4 Å². The minimum atomic E-state index is 0.0172. The third-order valence-electron chi connectivity index (χ3n) is 2.51. The number of carbonyl (C=O) groups excluding carboxylic acids is 1. The molecular weight excluding hydrogens is 401 g/mol. The Hall–Kier alpha value is -0.900. The molecule has 0 spiro atoms. The summed E-state index contributed by atoms with van der Waals surface area (Å²) in [4.78, 5) is 10.6. The molecule has 0 radical (unpaired) electrons. The van der Waals surface area contributed by atoms with E-state index in [1.165, 1.54) is 6.92 Å². The minimum Gasteiger partial charge on any atom is -0.491 e. The number of halogens is 1. The van der Waals surface area contributed by atoms with E-state index in [9.17, 15) is 4.79 Å². The van der Waals surface area contributed by atoms with E-state index in [4.69, 9.17) is 18.9 Å². The van der Waals surface area contributed by atoms with Crippen molar-refractivity contribution in [3.63, 3.8) is 0 Å². The smallest absolute Gasteiger partial charge is 0.155 e. The predicted octanol–water partition coefficient (Wildman–Crippen LogP) is 2.47. The first-order valence-electron chi connectivity index (χ1n) is 7.04. The normalized spacial score (nSPS) is 10.5. The molecule has 124 valence electrons. The molecule has 6 nitrogen and oxygen atoms in total. The zero-order valence-electron chi connectivity index (χ0n) is 12.7. The van der Waals surface area contributed by atoms with Crippen LogP contribution in [0.3, 0.4) is 0 Å². The maximum absolute atomic E-state index is 10.6. The molecule has 0 bridgehead atoms. The molecule has 0 heterocycles. The number of ketones is 1. The zero-order chi connectivity index (χ0) is 16.0. The highest BCUT2D eigenvalue weighted by Gasteiger charge is 1.96. The summed E-state index contributed by atoms with van der Waals surface area (Å²) in [6, 6.07) is 7.71. The molecule has 1 rings (SSSR count).